The molecule has 0 aromatic rings. The van der Waals surface area contributed by atoms with E-state index in [1.54, 1.807) is 25.2 Å². The second-order valence-corrected chi connectivity index (χ2v) is 3.94. The van der Waals surface area contributed by atoms with Crippen LogP contribution in [-0.2, 0) is 9.59 Å². The number of rotatable bonds is 3. The Kier molecular flexibility index (Phi) is 4.15. The van der Waals surface area contributed by atoms with Gasteiger partial charge in [0, 0.05) is 11.8 Å². The molecule has 88 valence electrons. The maximum Gasteiger partial charge on any atom is 0.184 e. The van der Waals surface area contributed by atoms with Gasteiger partial charge in [-0.2, -0.15) is 0 Å². The second-order valence-electron chi connectivity index (χ2n) is 3.94. The Morgan fingerprint density at radius 2 is 2.19 bits per heavy atom. The number of aliphatic hydroxyl groups excluding tert-OH is 2. The van der Waals surface area contributed by atoms with Gasteiger partial charge in [0.15, 0.2) is 11.6 Å². The molecule has 0 fully saturated rings. The molecule has 1 rings (SSSR count). The molecule has 2 N–H and O–H groups in total. The summed E-state index contributed by atoms with van der Waals surface area (Å²) >= 11 is 0. The van der Waals surface area contributed by atoms with Gasteiger partial charge in [-0.25, -0.2) is 0 Å². The van der Waals surface area contributed by atoms with Crippen molar-refractivity contribution in [2.24, 2.45) is 11.8 Å². The van der Waals surface area contributed by atoms with Gasteiger partial charge < -0.3 is 10.2 Å². The lowest BCUT2D eigenvalue weighted by molar-refractivity contribution is -0.137. The number of ketones is 2. The smallest absolute Gasteiger partial charge is 0.184 e. The van der Waals surface area contributed by atoms with E-state index in [4.69, 9.17) is 0 Å². The van der Waals surface area contributed by atoms with Crippen molar-refractivity contribution in [3.63, 3.8) is 0 Å². The Labute approximate surface area is 94.3 Å². The van der Waals surface area contributed by atoms with Crippen LogP contribution in [0.25, 0.3) is 0 Å². The van der Waals surface area contributed by atoms with Crippen LogP contribution in [0.5, 0.6) is 0 Å². The predicted molar refractivity (Wildman–Crippen MR) is 58.6 cm³/mol. The first-order valence-electron chi connectivity index (χ1n) is 5.20. The molecule has 0 aliphatic heterocycles. The van der Waals surface area contributed by atoms with Crippen LogP contribution < -0.4 is 0 Å². The van der Waals surface area contributed by atoms with Crippen LogP contribution in [0.3, 0.4) is 0 Å². The lowest BCUT2D eigenvalue weighted by Gasteiger charge is -2.31. The minimum atomic E-state index is -1.31. The molecule has 4 atom stereocenters. The Bertz CT molecular complexity index is 343. The van der Waals surface area contributed by atoms with E-state index >= 15 is 0 Å². The highest BCUT2D eigenvalue weighted by Gasteiger charge is 2.39. The summed E-state index contributed by atoms with van der Waals surface area (Å²) in [5.74, 6) is -1.99. The van der Waals surface area contributed by atoms with Crippen LogP contribution in [0.1, 0.15) is 13.8 Å². The topological polar surface area (TPSA) is 74.6 Å². The van der Waals surface area contributed by atoms with Gasteiger partial charge in [0.05, 0.1) is 0 Å². The van der Waals surface area contributed by atoms with Gasteiger partial charge in [-0.15, -0.1) is 0 Å². The summed E-state index contributed by atoms with van der Waals surface area (Å²) in [5.41, 5.74) is 0. The molecule has 1 aliphatic carbocycles. The summed E-state index contributed by atoms with van der Waals surface area (Å²) in [6.07, 6.45) is 3.78. The van der Waals surface area contributed by atoms with Crippen LogP contribution in [0.15, 0.2) is 24.3 Å². The maximum atomic E-state index is 11.3. The third-order valence-corrected chi connectivity index (χ3v) is 2.78. The Balaban J connectivity index is 3.03. The van der Waals surface area contributed by atoms with E-state index in [2.05, 4.69) is 0 Å². The Morgan fingerprint density at radius 1 is 1.56 bits per heavy atom. The molecule has 0 aromatic heterocycles. The van der Waals surface area contributed by atoms with Crippen LogP contribution in [0, 0.1) is 11.8 Å². The molecule has 0 heterocycles. The molecule has 0 unspecified atom stereocenters. The average Bonchev–Trinajstić information content (AvgIpc) is 2.23. The normalized spacial score (nSPS) is 32.0. The first kappa shape index (κ1) is 12.8. The highest BCUT2D eigenvalue weighted by atomic mass is 16.3. The van der Waals surface area contributed by atoms with E-state index in [-0.39, 0.29) is 5.92 Å². The van der Waals surface area contributed by atoms with Gasteiger partial charge >= 0.3 is 0 Å². The van der Waals surface area contributed by atoms with E-state index in [0.29, 0.717) is 0 Å². The van der Waals surface area contributed by atoms with Crippen molar-refractivity contribution in [1.82, 2.24) is 0 Å². The van der Waals surface area contributed by atoms with Crippen molar-refractivity contribution in [1.29, 1.82) is 0 Å². The number of hydrogen-bond acceptors (Lipinski definition) is 4. The van der Waals surface area contributed by atoms with Crippen molar-refractivity contribution in [2.75, 3.05) is 0 Å². The number of Topliss-reactive ketones (excluding diaryl/α,β-unsaturated/α-hetero) is 1. The van der Waals surface area contributed by atoms with Gasteiger partial charge in [-0.1, -0.05) is 18.2 Å². The van der Waals surface area contributed by atoms with Crippen LogP contribution in [0.4, 0.5) is 0 Å². The Hall–Kier alpha value is -1.26. The summed E-state index contributed by atoms with van der Waals surface area (Å²) in [4.78, 5) is 22.4. The van der Waals surface area contributed by atoms with E-state index in [0.717, 1.165) is 0 Å². The van der Waals surface area contributed by atoms with E-state index < -0.39 is 29.7 Å². The molecule has 0 aromatic carbocycles. The zero-order valence-electron chi connectivity index (χ0n) is 9.33. The van der Waals surface area contributed by atoms with Gasteiger partial charge in [0.2, 0.25) is 0 Å². The van der Waals surface area contributed by atoms with Crippen molar-refractivity contribution in [3.05, 3.63) is 24.3 Å². The summed E-state index contributed by atoms with van der Waals surface area (Å²) in [6.45, 7) is 3.04. The highest BCUT2D eigenvalue weighted by Crippen LogP contribution is 2.28. The molecule has 1 aliphatic rings. The Morgan fingerprint density at radius 3 is 2.69 bits per heavy atom. The predicted octanol–water partition coefficient (Wildman–Crippen LogP) is 0.245. The minimum Gasteiger partial charge on any atom is -0.385 e. The number of allylic oxidation sites excluding steroid dienone is 3. The number of carbonyl (C=O) groups excluding carboxylic acids is 2. The molecule has 16 heavy (non-hydrogen) atoms. The minimum absolute atomic E-state index is 0.295. The van der Waals surface area contributed by atoms with Crippen molar-refractivity contribution < 1.29 is 19.8 Å². The lowest BCUT2D eigenvalue weighted by atomic mass is 9.76. The number of hydrogen-bond donors (Lipinski definition) is 2. The largest absolute Gasteiger partial charge is 0.385 e. The summed E-state index contributed by atoms with van der Waals surface area (Å²) < 4.78 is 0. The molecule has 0 spiro atoms. The van der Waals surface area contributed by atoms with Crippen LogP contribution >= 0.6 is 0 Å². The van der Waals surface area contributed by atoms with E-state index in [1.165, 1.54) is 13.0 Å². The first-order chi connectivity index (χ1) is 7.49. The van der Waals surface area contributed by atoms with E-state index in [1.807, 2.05) is 0 Å². The molecular formula is C12H16O4. The summed E-state index contributed by atoms with van der Waals surface area (Å²) in [6, 6.07) is 0. The third-order valence-electron chi connectivity index (χ3n) is 2.78. The lowest BCUT2D eigenvalue weighted by Crippen LogP contribution is -2.45. The van der Waals surface area contributed by atoms with Crippen molar-refractivity contribution in [3.8, 4) is 0 Å². The molecule has 4 nitrogen and oxygen atoms in total. The fraction of sp³-hybridized carbons (Fsp3) is 0.500. The average molecular weight is 224 g/mol. The zero-order chi connectivity index (χ0) is 12.3. The highest BCUT2D eigenvalue weighted by molar-refractivity contribution is 5.95. The molecule has 0 amide bonds. The first-order valence-corrected chi connectivity index (χ1v) is 5.20. The fourth-order valence-electron chi connectivity index (χ4n) is 1.90. The van der Waals surface area contributed by atoms with Crippen LogP contribution in [-0.4, -0.2) is 34.0 Å². The number of aliphatic hydroxyl groups is 2. The summed E-state index contributed by atoms with van der Waals surface area (Å²) in [7, 11) is 0. The van der Waals surface area contributed by atoms with Crippen molar-refractivity contribution in [2.45, 2.75) is 26.1 Å². The standard InChI is InChI=1S/C12H16O4/c1-3-4-8-5-6-9(14)12(16)10(8)11(15)7(2)13/h3-6,8,10-12,15-16H,1-2H3/b4-3+/t8-,10+,11-,12+/m0/s1. The van der Waals surface area contributed by atoms with Gasteiger partial charge in [0.1, 0.15) is 12.2 Å². The molecule has 4 heteroatoms. The molecule has 0 bridgehead atoms. The second kappa shape index (κ2) is 5.18. The molecule has 0 saturated heterocycles. The fourth-order valence-corrected chi connectivity index (χ4v) is 1.90. The monoisotopic (exact) mass is 224 g/mol. The van der Waals surface area contributed by atoms with E-state index in [9.17, 15) is 19.8 Å². The summed E-state index contributed by atoms with van der Waals surface area (Å²) in [5, 5.41) is 19.4. The molecule has 0 radical (unpaired) electrons. The maximum absolute atomic E-state index is 11.3. The van der Waals surface area contributed by atoms with Gasteiger partial charge in [-0.05, 0) is 19.9 Å². The van der Waals surface area contributed by atoms with Gasteiger partial charge in [0.25, 0.3) is 0 Å². The van der Waals surface area contributed by atoms with Gasteiger partial charge in [-0.3, -0.25) is 9.59 Å². The van der Waals surface area contributed by atoms with Crippen molar-refractivity contribution >= 4 is 11.6 Å². The quantitative estimate of drug-likeness (QED) is 0.674. The van der Waals surface area contributed by atoms with Crippen LogP contribution in [0.2, 0.25) is 0 Å². The third kappa shape index (κ3) is 2.46. The molecular weight excluding hydrogens is 208 g/mol. The molecule has 0 saturated carbocycles. The zero-order valence-corrected chi connectivity index (χ0v) is 9.33. The SMILES string of the molecule is C/C=C/[C@H]1C=CC(=O)[C@@H](O)[C@H]1[C@@H](O)C(C)=O. The number of carbonyl (C=O) groups is 2.